The predicted molar refractivity (Wildman–Crippen MR) is 162 cm³/mol. The van der Waals surface area contributed by atoms with Crippen molar-refractivity contribution in [3.63, 3.8) is 0 Å². The molecule has 2 aliphatic carbocycles. The summed E-state index contributed by atoms with van der Waals surface area (Å²) in [6, 6.07) is 18.7. The third kappa shape index (κ3) is 5.27. The summed E-state index contributed by atoms with van der Waals surface area (Å²) in [7, 11) is 4.72. The van der Waals surface area contributed by atoms with Gasteiger partial charge in [-0.1, -0.05) is 29.4 Å². The van der Waals surface area contributed by atoms with Crippen molar-refractivity contribution in [3.8, 4) is 46.2 Å². The Morgan fingerprint density at radius 1 is 1.07 bits per heavy atom. The van der Waals surface area contributed by atoms with Crippen LogP contribution in [0, 0.1) is 17.2 Å². The Morgan fingerprint density at radius 2 is 1.91 bits per heavy atom. The van der Waals surface area contributed by atoms with Crippen molar-refractivity contribution < 1.29 is 28.3 Å². The second-order valence-electron chi connectivity index (χ2n) is 10.9. The molecular weight excluding hydrogens is 560 g/mol. The fourth-order valence-corrected chi connectivity index (χ4v) is 5.81. The van der Waals surface area contributed by atoms with E-state index in [9.17, 15) is 10.1 Å². The first-order chi connectivity index (χ1) is 21.4. The minimum absolute atomic E-state index is 0.0497. The average Bonchev–Trinajstić information content (AvgIpc) is 3.51. The van der Waals surface area contributed by atoms with Crippen LogP contribution in [-0.2, 0) is 16.1 Å². The quantitative estimate of drug-likeness (QED) is 0.212. The van der Waals surface area contributed by atoms with E-state index in [0.29, 0.717) is 46.6 Å². The molecule has 0 saturated heterocycles. The molecule has 1 amide bonds. The van der Waals surface area contributed by atoms with Crippen LogP contribution in [0.5, 0.6) is 17.2 Å². The fraction of sp³-hybridized carbons (Fsp3) is 0.294. The molecule has 2 unspecified atom stereocenters. The molecule has 1 aromatic heterocycles. The number of carbonyl (C=O) groups is 1. The minimum Gasteiger partial charge on any atom is -0.497 e. The first-order valence-electron chi connectivity index (χ1n) is 14.3. The van der Waals surface area contributed by atoms with Crippen LogP contribution in [0.2, 0.25) is 0 Å². The Labute approximate surface area is 255 Å². The highest BCUT2D eigenvalue weighted by molar-refractivity contribution is 5.95. The van der Waals surface area contributed by atoms with Crippen molar-refractivity contribution in [3.05, 3.63) is 82.9 Å². The number of benzene rings is 3. The molecule has 2 atom stereocenters. The summed E-state index contributed by atoms with van der Waals surface area (Å²) >= 11 is 0. The van der Waals surface area contributed by atoms with E-state index < -0.39 is 0 Å². The highest BCUT2D eigenvalue weighted by atomic mass is 16.5. The molecule has 0 aliphatic heterocycles. The normalized spacial score (nSPS) is 16.1. The monoisotopic (exact) mass is 592 g/mol. The van der Waals surface area contributed by atoms with Gasteiger partial charge in [0, 0.05) is 35.8 Å². The van der Waals surface area contributed by atoms with Crippen LogP contribution in [0.15, 0.2) is 65.2 Å². The molecule has 0 saturated carbocycles. The lowest BCUT2D eigenvalue weighted by atomic mass is 9.97. The number of nitrogens with zero attached hydrogens (tertiary/aromatic N) is 4. The van der Waals surface area contributed by atoms with E-state index in [4.69, 9.17) is 28.5 Å². The van der Waals surface area contributed by atoms with Gasteiger partial charge < -0.3 is 28.4 Å². The zero-order valence-electron chi connectivity index (χ0n) is 25.2. The summed E-state index contributed by atoms with van der Waals surface area (Å²) < 4.78 is 27.7. The maximum atomic E-state index is 13.5. The molecule has 0 radical (unpaired) electrons. The van der Waals surface area contributed by atoms with Crippen LogP contribution in [0.4, 0.5) is 0 Å². The molecule has 44 heavy (non-hydrogen) atoms. The van der Waals surface area contributed by atoms with Gasteiger partial charge in [-0.3, -0.25) is 4.79 Å². The second kappa shape index (κ2) is 11.9. The molecule has 0 bridgehead atoms. The summed E-state index contributed by atoms with van der Waals surface area (Å²) in [5.41, 5.74) is 5.84. The summed E-state index contributed by atoms with van der Waals surface area (Å²) in [4.78, 5) is 20.1. The van der Waals surface area contributed by atoms with E-state index in [1.807, 2.05) is 55.1 Å². The van der Waals surface area contributed by atoms with Gasteiger partial charge in [0.15, 0.2) is 0 Å². The molecule has 0 fully saturated rings. The minimum atomic E-state index is -0.229. The van der Waals surface area contributed by atoms with Gasteiger partial charge in [-0.15, -0.1) is 0 Å². The first kappa shape index (κ1) is 29.0. The molecule has 0 spiro atoms. The van der Waals surface area contributed by atoms with Gasteiger partial charge in [-0.25, -0.2) is 0 Å². The first-order valence-corrected chi connectivity index (χ1v) is 14.3. The number of fused-ring (bicyclic) bond motifs is 3. The van der Waals surface area contributed by atoms with Crippen molar-refractivity contribution in [2.45, 2.75) is 32.5 Å². The number of ether oxygens (including phenoxy) is 4. The second-order valence-corrected chi connectivity index (χ2v) is 10.9. The molecule has 10 heteroatoms. The lowest BCUT2D eigenvalue weighted by molar-refractivity contribution is -0.138. The van der Waals surface area contributed by atoms with E-state index in [1.165, 1.54) is 7.11 Å². The Morgan fingerprint density at radius 3 is 2.64 bits per heavy atom. The molecule has 2 aliphatic rings. The number of amides is 1. The van der Waals surface area contributed by atoms with E-state index in [1.54, 1.807) is 32.4 Å². The number of rotatable bonds is 11. The Hall–Kier alpha value is -5.14. The molecule has 6 rings (SSSR count). The van der Waals surface area contributed by atoms with Gasteiger partial charge in [0.05, 0.1) is 38.5 Å². The van der Waals surface area contributed by atoms with Gasteiger partial charge in [-0.2, -0.15) is 10.2 Å². The van der Waals surface area contributed by atoms with Crippen molar-refractivity contribution in [1.29, 1.82) is 5.26 Å². The maximum Gasteiger partial charge on any atom is 0.258 e. The SMILES string of the molecule is COCC(=O)N(Cc1ccc(OC)cc1OC)C1c2cccc(-c3noc(-c4ccc(OC(C)C)c(C#N)c4)n3)c2C2=CC21. The average molecular weight is 593 g/mol. The maximum absolute atomic E-state index is 13.5. The van der Waals surface area contributed by atoms with E-state index in [2.05, 4.69) is 17.3 Å². The Balaban J connectivity index is 1.34. The summed E-state index contributed by atoms with van der Waals surface area (Å²) in [6.45, 7) is 4.09. The zero-order chi connectivity index (χ0) is 31.0. The van der Waals surface area contributed by atoms with E-state index in [0.717, 1.165) is 27.8 Å². The Kier molecular flexibility index (Phi) is 7.80. The predicted octanol–water partition coefficient (Wildman–Crippen LogP) is 5.82. The van der Waals surface area contributed by atoms with Crippen molar-refractivity contribution in [2.75, 3.05) is 27.9 Å². The Bertz CT molecular complexity index is 1800. The third-order valence-corrected chi connectivity index (χ3v) is 7.79. The van der Waals surface area contributed by atoms with Gasteiger partial charge in [0.1, 0.15) is 29.9 Å². The zero-order valence-corrected chi connectivity index (χ0v) is 25.2. The molecule has 1 heterocycles. The van der Waals surface area contributed by atoms with Crippen molar-refractivity contribution in [1.82, 2.24) is 15.0 Å². The summed E-state index contributed by atoms with van der Waals surface area (Å²) in [5, 5.41) is 14.0. The molecule has 224 valence electrons. The molecular formula is C34H32N4O6. The van der Waals surface area contributed by atoms with Crippen LogP contribution in [-0.4, -0.2) is 55.0 Å². The fourth-order valence-electron chi connectivity index (χ4n) is 5.81. The van der Waals surface area contributed by atoms with Crippen LogP contribution in [0.25, 0.3) is 28.4 Å². The number of nitriles is 1. The van der Waals surface area contributed by atoms with Crippen LogP contribution in [0.3, 0.4) is 0 Å². The molecule has 3 aromatic carbocycles. The molecule has 10 nitrogen and oxygen atoms in total. The lowest BCUT2D eigenvalue weighted by Gasteiger charge is -2.31. The van der Waals surface area contributed by atoms with Gasteiger partial charge >= 0.3 is 0 Å². The highest BCUT2D eigenvalue weighted by Crippen LogP contribution is 2.60. The third-order valence-electron chi connectivity index (χ3n) is 7.79. The lowest BCUT2D eigenvalue weighted by Crippen LogP contribution is -2.37. The topological polar surface area (TPSA) is 120 Å². The molecule has 0 N–H and O–H groups in total. The standard InChI is InChI=1S/C34H32N4O6/c1-19(2)43-28-12-10-20(13-22(28)16-35)34-36-33(37-44-34)25-8-6-7-24-31(25)26-15-27(26)32(24)38(30(39)18-40-3)17-21-9-11-23(41-4)14-29(21)42-5/h6-15,19,27,32H,17-18H2,1-5H3. The number of hydrogen-bond donors (Lipinski definition) is 0. The summed E-state index contributed by atoms with van der Waals surface area (Å²) in [6.07, 6.45) is 2.11. The molecule has 4 aromatic rings. The van der Waals surface area contributed by atoms with E-state index >= 15 is 0 Å². The number of hydrogen-bond acceptors (Lipinski definition) is 9. The van der Waals surface area contributed by atoms with Crippen LogP contribution < -0.4 is 14.2 Å². The van der Waals surface area contributed by atoms with Gasteiger partial charge in [-0.05, 0) is 60.9 Å². The smallest absolute Gasteiger partial charge is 0.258 e. The van der Waals surface area contributed by atoms with Crippen molar-refractivity contribution in [2.24, 2.45) is 5.92 Å². The van der Waals surface area contributed by atoms with Gasteiger partial charge in [0.2, 0.25) is 11.7 Å². The number of carbonyl (C=O) groups excluding carboxylic acids is 1. The van der Waals surface area contributed by atoms with Gasteiger partial charge in [0.25, 0.3) is 5.89 Å². The number of aromatic nitrogens is 2. The van der Waals surface area contributed by atoms with Crippen LogP contribution >= 0.6 is 0 Å². The highest BCUT2D eigenvalue weighted by Gasteiger charge is 2.49. The number of methoxy groups -OCH3 is 3. The van der Waals surface area contributed by atoms with E-state index in [-0.39, 0.29) is 30.6 Å². The van der Waals surface area contributed by atoms with Crippen molar-refractivity contribution >= 4 is 11.5 Å². The van der Waals surface area contributed by atoms with Crippen LogP contribution in [0.1, 0.15) is 42.1 Å². The largest absolute Gasteiger partial charge is 0.497 e. The summed E-state index contributed by atoms with van der Waals surface area (Å²) in [5.74, 6) is 2.47.